The third-order valence-electron chi connectivity index (χ3n) is 1.85. The first-order chi connectivity index (χ1) is 6.66. The van der Waals surface area contributed by atoms with Crippen LogP contribution >= 0.6 is 12.2 Å². The quantitative estimate of drug-likeness (QED) is 0.495. The minimum atomic E-state index is 0.789. The maximum Gasteiger partial charge on any atom is 0.166 e. The van der Waals surface area contributed by atoms with E-state index in [-0.39, 0.29) is 0 Å². The Labute approximate surface area is 93.2 Å². The van der Waals surface area contributed by atoms with E-state index in [0.717, 1.165) is 31.2 Å². The maximum absolute atomic E-state index is 5.09. The van der Waals surface area contributed by atoms with Gasteiger partial charge < -0.3 is 15.5 Å². The molecular weight excluding hydrogens is 194 g/mol. The average molecular weight is 217 g/mol. The number of rotatable bonds is 7. The Bertz CT molecular complexity index is 148. The second kappa shape index (κ2) is 9.21. The topological polar surface area (TPSA) is 27.3 Å². The van der Waals surface area contributed by atoms with Crippen LogP contribution < -0.4 is 10.6 Å². The summed E-state index contributed by atoms with van der Waals surface area (Å²) in [6.07, 6.45) is 3.50. The Balaban J connectivity index is 3.15. The van der Waals surface area contributed by atoms with Gasteiger partial charge in [-0.05, 0) is 52.1 Å². The average Bonchev–Trinajstić information content (AvgIpc) is 2.13. The lowest BCUT2D eigenvalue weighted by molar-refractivity contribution is 0.394. The van der Waals surface area contributed by atoms with Gasteiger partial charge in [-0.3, -0.25) is 0 Å². The van der Waals surface area contributed by atoms with Crippen LogP contribution in [-0.4, -0.2) is 43.7 Å². The van der Waals surface area contributed by atoms with Crippen molar-refractivity contribution in [2.24, 2.45) is 0 Å². The summed E-state index contributed by atoms with van der Waals surface area (Å²) in [5.41, 5.74) is 0. The number of thiocarbonyl (C=S) groups is 1. The van der Waals surface area contributed by atoms with Crippen LogP contribution in [-0.2, 0) is 0 Å². The summed E-state index contributed by atoms with van der Waals surface area (Å²) in [5, 5.41) is 7.12. The summed E-state index contributed by atoms with van der Waals surface area (Å²) >= 11 is 5.09. The molecule has 0 rings (SSSR count). The van der Waals surface area contributed by atoms with E-state index in [1.54, 1.807) is 0 Å². The zero-order valence-corrected chi connectivity index (χ0v) is 10.4. The molecule has 0 radical (unpaired) electrons. The SMILES string of the molecule is CCCNC(=S)NCCCCN(C)C. The largest absolute Gasteiger partial charge is 0.363 e. The summed E-state index contributed by atoms with van der Waals surface area (Å²) in [4.78, 5) is 2.20. The van der Waals surface area contributed by atoms with E-state index in [1.807, 2.05) is 0 Å². The van der Waals surface area contributed by atoms with Gasteiger partial charge >= 0.3 is 0 Å². The van der Waals surface area contributed by atoms with Gasteiger partial charge in [0.15, 0.2) is 5.11 Å². The highest BCUT2D eigenvalue weighted by atomic mass is 32.1. The van der Waals surface area contributed by atoms with Crippen molar-refractivity contribution in [3.05, 3.63) is 0 Å². The van der Waals surface area contributed by atoms with E-state index in [2.05, 4.69) is 36.6 Å². The van der Waals surface area contributed by atoms with Gasteiger partial charge in [-0.2, -0.15) is 0 Å². The van der Waals surface area contributed by atoms with Crippen LogP contribution in [0, 0.1) is 0 Å². The summed E-state index contributed by atoms with van der Waals surface area (Å²) in [6.45, 7) is 5.22. The van der Waals surface area contributed by atoms with Crippen LogP contribution in [0.15, 0.2) is 0 Å². The molecule has 0 aromatic heterocycles. The van der Waals surface area contributed by atoms with Gasteiger partial charge in [-0.25, -0.2) is 0 Å². The Hall–Kier alpha value is -0.350. The second-order valence-electron chi connectivity index (χ2n) is 3.69. The smallest absolute Gasteiger partial charge is 0.166 e. The zero-order chi connectivity index (χ0) is 10.8. The molecule has 0 saturated heterocycles. The summed E-state index contributed by atoms with van der Waals surface area (Å²) < 4.78 is 0. The first-order valence-corrected chi connectivity index (χ1v) is 5.74. The molecular formula is C10H23N3S. The molecule has 0 aliphatic heterocycles. The first kappa shape index (κ1) is 13.7. The lowest BCUT2D eigenvalue weighted by Gasteiger charge is -2.11. The van der Waals surface area contributed by atoms with Gasteiger partial charge in [0, 0.05) is 13.1 Å². The fourth-order valence-electron chi connectivity index (χ4n) is 1.06. The van der Waals surface area contributed by atoms with Crippen LogP contribution in [0.2, 0.25) is 0 Å². The number of unbranched alkanes of at least 4 members (excludes halogenated alkanes) is 1. The number of nitrogens with zero attached hydrogens (tertiary/aromatic N) is 1. The van der Waals surface area contributed by atoms with Crippen LogP contribution in [0.1, 0.15) is 26.2 Å². The molecule has 0 heterocycles. The van der Waals surface area contributed by atoms with Crippen LogP contribution in [0.3, 0.4) is 0 Å². The molecule has 14 heavy (non-hydrogen) atoms. The molecule has 84 valence electrons. The van der Waals surface area contributed by atoms with Crippen molar-refractivity contribution in [2.45, 2.75) is 26.2 Å². The predicted octanol–water partition coefficient (Wildman–Crippen LogP) is 1.20. The van der Waals surface area contributed by atoms with E-state index < -0.39 is 0 Å². The van der Waals surface area contributed by atoms with Gasteiger partial charge in [0.1, 0.15) is 0 Å². The van der Waals surface area contributed by atoms with E-state index >= 15 is 0 Å². The van der Waals surface area contributed by atoms with Crippen LogP contribution in [0.5, 0.6) is 0 Å². The van der Waals surface area contributed by atoms with Gasteiger partial charge in [0.2, 0.25) is 0 Å². The minimum absolute atomic E-state index is 0.789. The highest BCUT2D eigenvalue weighted by molar-refractivity contribution is 7.80. The minimum Gasteiger partial charge on any atom is -0.363 e. The van der Waals surface area contributed by atoms with Crippen LogP contribution in [0.4, 0.5) is 0 Å². The number of hydrogen-bond donors (Lipinski definition) is 2. The Kier molecular flexibility index (Phi) is 8.98. The highest BCUT2D eigenvalue weighted by Gasteiger charge is 1.94. The lowest BCUT2D eigenvalue weighted by atomic mass is 10.3. The van der Waals surface area contributed by atoms with E-state index in [4.69, 9.17) is 12.2 Å². The first-order valence-electron chi connectivity index (χ1n) is 5.33. The van der Waals surface area contributed by atoms with Crippen molar-refractivity contribution >= 4 is 17.3 Å². The molecule has 4 heteroatoms. The van der Waals surface area contributed by atoms with E-state index in [0.29, 0.717) is 0 Å². The van der Waals surface area contributed by atoms with Crippen molar-refractivity contribution in [1.29, 1.82) is 0 Å². The standard InChI is InChI=1S/C10H23N3S/c1-4-7-11-10(14)12-8-5-6-9-13(2)3/h4-9H2,1-3H3,(H2,11,12,14). The highest BCUT2D eigenvalue weighted by Crippen LogP contribution is 1.88. The fourth-order valence-corrected chi connectivity index (χ4v) is 1.26. The zero-order valence-electron chi connectivity index (χ0n) is 9.60. The normalized spacial score (nSPS) is 10.3. The Morgan fingerprint density at radius 2 is 1.79 bits per heavy atom. The third kappa shape index (κ3) is 9.74. The molecule has 3 nitrogen and oxygen atoms in total. The molecule has 0 spiro atoms. The fraction of sp³-hybridized carbons (Fsp3) is 0.900. The van der Waals surface area contributed by atoms with Crippen molar-refractivity contribution in [3.63, 3.8) is 0 Å². The number of nitrogens with one attached hydrogen (secondary N) is 2. The van der Waals surface area contributed by atoms with Gasteiger partial charge in [-0.15, -0.1) is 0 Å². The molecule has 0 bridgehead atoms. The van der Waals surface area contributed by atoms with E-state index in [1.165, 1.54) is 12.8 Å². The summed E-state index contributed by atoms with van der Waals surface area (Å²) in [7, 11) is 4.20. The lowest BCUT2D eigenvalue weighted by Crippen LogP contribution is -2.36. The van der Waals surface area contributed by atoms with Crippen molar-refractivity contribution in [2.75, 3.05) is 33.7 Å². The Morgan fingerprint density at radius 1 is 1.14 bits per heavy atom. The van der Waals surface area contributed by atoms with Gasteiger partial charge in [-0.1, -0.05) is 6.92 Å². The molecule has 0 aromatic rings. The Morgan fingerprint density at radius 3 is 2.36 bits per heavy atom. The molecule has 0 aliphatic rings. The second-order valence-corrected chi connectivity index (χ2v) is 4.10. The molecule has 0 aliphatic carbocycles. The van der Waals surface area contributed by atoms with Gasteiger partial charge in [0.25, 0.3) is 0 Å². The molecule has 0 saturated carbocycles. The molecule has 0 fully saturated rings. The maximum atomic E-state index is 5.09. The summed E-state index contributed by atoms with van der Waals surface area (Å²) in [6, 6.07) is 0. The predicted molar refractivity (Wildman–Crippen MR) is 66.7 cm³/mol. The molecule has 0 atom stereocenters. The molecule has 2 N–H and O–H groups in total. The molecule has 0 amide bonds. The monoisotopic (exact) mass is 217 g/mol. The summed E-state index contributed by atoms with van der Waals surface area (Å²) in [5.74, 6) is 0. The van der Waals surface area contributed by atoms with Crippen molar-refractivity contribution < 1.29 is 0 Å². The molecule has 0 unspecified atom stereocenters. The molecule has 0 aromatic carbocycles. The number of hydrogen-bond acceptors (Lipinski definition) is 2. The van der Waals surface area contributed by atoms with E-state index in [9.17, 15) is 0 Å². The van der Waals surface area contributed by atoms with Crippen LogP contribution in [0.25, 0.3) is 0 Å². The van der Waals surface area contributed by atoms with Crippen molar-refractivity contribution in [3.8, 4) is 0 Å². The van der Waals surface area contributed by atoms with Crippen molar-refractivity contribution in [1.82, 2.24) is 15.5 Å². The van der Waals surface area contributed by atoms with Gasteiger partial charge in [0.05, 0.1) is 0 Å². The third-order valence-corrected chi connectivity index (χ3v) is 2.14.